The molecule has 3 nitrogen and oxygen atoms in total. The van der Waals surface area contributed by atoms with Crippen molar-refractivity contribution in [3.05, 3.63) is 54.1 Å². The topological polar surface area (TPSA) is 44.3 Å². The minimum absolute atomic E-state index is 0.458. The van der Waals surface area contributed by atoms with Crippen molar-refractivity contribution in [1.82, 2.24) is 0 Å². The fraction of sp³-hybridized carbons (Fsp3) is 0.429. The summed E-state index contributed by atoms with van der Waals surface area (Å²) in [6.07, 6.45) is 1.15. The summed E-state index contributed by atoms with van der Waals surface area (Å²) in [6.45, 7) is 10.3. The monoisotopic (exact) mass is 326 g/mol. The van der Waals surface area contributed by atoms with Gasteiger partial charge in [0.15, 0.2) is 0 Å². The summed E-state index contributed by atoms with van der Waals surface area (Å²) in [5, 5.41) is 17.2. The summed E-state index contributed by atoms with van der Waals surface area (Å²) >= 11 is 0. The molecule has 0 aliphatic rings. The van der Waals surface area contributed by atoms with Crippen molar-refractivity contribution in [2.45, 2.75) is 52.7 Å². The van der Waals surface area contributed by atoms with Gasteiger partial charge < -0.3 is 15.7 Å². The Balaban J connectivity index is 2.08. The fourth-order valence-corrected chi connectivity index (χ4v) is 2.98. The van der Waals surface area contributed by atoms with E-state index in [4.69, 9.17) is 0 Å². The summed E-state index contributed by atoms with van der Waals surface area (Å²) < 4.78 is 0. The van der Waals surface area contributed by atoms with Crippen LogP contribution in [0.25, 0.3) is 0 Å². The van der Waals surface area contributed by atoms with Gasteiger partial charge in [-0.05, 0) is 63.4 Å². The van der Waals surface area contributed by atoms with E-state index < -0.39 is 5.60 Å². The molecule has 3 N–H and O–H groups in total. The maximum Gasteiger partial charge on any atom is 0.0860 e. The summed E-state index contributed by atoms with van der Waals surface area (Å²) in [7, 11) is 0. The molecule has 0 aliphatic carbocycles. The lowest BCUT2D eigenvalue weighted by Crippen LogP contribution is -2.17. The molecule has 0 spiro atoms. The summed E-state index contributed by atoms with van der Waals surface area (Å²) in [5.74, 6) is 0.687. The normalized spacial score (nSPS) is 13.0. The smallest absolute Gasteiger partial charge is 0.0860 e. The molecule has 0 aromatic heterocycles. The second-order valence-electron chi connectivity index (χ2n) is 7.48. The minimum Gasteiger partial charge on any atom is -0.386 e. The van der Waals surface area contributed by atoms with Gasteiger partial charge in [-0.25, -0.2) is 0 Å². The second kappa shape index (κ2) is 7.71. The van der Waals surface area contributed by atoms with Crippen LogP contribution in [0.15, 0.2) is 48.5 Å². The zero-order valence-electron chi connectivity index (χ0n) is 15.4. The molecule has 0 aliphatic heterocycles. The summed E-state index contributed by atoms with van der Waals surface area (Å²) in [6, 6.07) is 16.6. The molecule has 0 saturated carbocycles. The summed E-state index contributed by atoms with van der Waals surface area (Å²) in [4.78, 5) is 0. The molecular formula is C21H30N2O. The Kier molecular flexibility index (Phi) is 5.89. The number of para-hydroxylation sites is 1. The predicted octanol–water partition coefficient (Wildman–Crippen LogP) is 5.50. The minimum atomic E-state index is -0.878. The first-order chi connectivity index (χ1) is 11.3. The average molecular weight is 326 g/mol. The SMILES string of the molecule is CC(C)CC(C)Nc1ccc(Nc2ccccc2C(C)(C)O)cc1. The van der Waals surface area contributed by atoms with Gasteiger partial charge in [0.25, 0.3) is 0 Å². The van der Waals surface area contributed by atoms with Crippen LogP contribution in [0.5, 0.6) is 0 Å². The third-order valence-corrected chi connectivity index (χ3v) is 3.99. The number of aliphatic hydroxyl groups is 1. The van der Waals surface area contributed by atoms with Gasteiger partial charge in [0.1, 0.15) is 0 Å². The Labute approximate surface area is 146 Å². The van der Waals surface area contributed by atoms with E-state index in [0.717, 1.165) is 29.0 Å². The van der Waals surface area contributed by atoms with E-state index in [-0.39, 0.29) is 0 Å². The maximum absolute atomic E-state index is 10.3. The van der Waals surface area contributed by atoms with Gasteiger partial charge in [0.2, 0.25) is 0 Å². The van der Waals surface area contributed by atoms with Gasteiger partial charge in [-0.15, -0.1) is 0 Å². The van der Waals surface area contributed by atoms with Gasteiger partial charge in [-0.3, -0.25) is 0 Å². The average Bonchev–Trinajstić information content (AvgIpc) is 2.48. The second-order valence-corrected chi connectivity index (χ2v) is 7.48. The quantitative estimate of drug-likeness (QED) is 0.629. The number of hydrogen-bond acceptors (Lipinski definition) is 3. The van der Waals surface area contributed by atoms with Crippen LogP contribution in [0.2, 0.25) is 0 Å². The van der Waals surface area contributed by atoms with Crippen molar-refractivity contribution in [2.24, 2.45) is 5.92 Å². The van der Waals surface area contributed by atoms with Crippen LogP contribution >= 0.6 is 0 Å². The first kappa shape index (κ1) is 18.3. The van der Waals surface area contributed by atoms with Crippen LogP contribution < -0.4 is 10.6 Å². The molecule has 130 valence electrons. The molecular weight excluding hydrogens is 296 g/mol. The zero-order valence-corrected chi connectivity index (χ0v) is 15.4. The van der Waals surface area contributed by atoms with Crippen molar-refractivity contribution in [3.8, 4) is 0 Å². The molecule has 0 radical (unpaired) electrons. The van der Waals surface area contributed by atoms with Crippen molar-refractivity contribution in [3.63, 3.8) is 0 Å². The van der Waals surface area contributed by atoms with Gasteiger partial charge in [-0.2, -0.15) is 0 Å². The molecule has 1 atom stereocenters. The molecule has 24 heavy (non-hydrogen) atoms. The van der Waals surface area contributed by atoms with Crippen LogP contribution in [0.4, 0.5) is 17.1 Å². The van der Waals surface area contributed by atoms with Gasteiger partial charge >= 0.3 is 0 Å². The first-order valence-corrected chi connectivity index (χ1v) is 8.71. The van der Waals surface area contributed by atoms with E-state index in [9.17, 15) is 5.11 Å². The molecule has 1 unspecified atom stereocenters. The van der Waals surface area contributed by atoms with Crippen LogP contribution in [-0.2, 0) is 5.60 Å². The van der Waals surface area contributed by atoms with Gasteiger partial charge in [0, 0.05) is 28.7 Å². The Hall–Kier alpha value is -2.00. The highest BCUT2D eigenvalue weighted by molar-refractivity contribution is 5.66. The van der Waals surface area contributed by atoms with E-state index in [1.54, 1.807) is 13.8 Å². The zero-order chi connectivity index (χ0) is 17.7. The highest BCUT2D eigenvalue weighted by Crippen LogP contribution is 2.30. The van der Waals surface area contributed by atoms with Crippen LogP contribution in [0.3, 0.4) is 0 Å². The maximum atomic E-state index is 10.3. The molecule has 0 saturated heterocycles. The van der Waals surface area contributed by atoms with Gasteiger partial charge in [0.05, 0.1) is 5.60 Å². The number of anilines is 3. The molecule has 0 amide bonds. The van der Waals surface area contributed by atoms with Crippen molar-refractivity contribution >= 4 is 17.1 Å². The third-order valence-electron chi connectivity index (χ3n) is 3.99. The Bertz CT molecular complexity index is 642. The van der Waals surface area contributed by atoms with E-state index in [0.29, 0.717) is 12.0 Å². The number of benzene rings is 2. The predicted molar refractivity (Wildman–Crippen MR) is 104 cm³/mol. The lowest BCUT2D eigenvalue weighted by atomic mass is 9.96. The van der Waals surface area contributed by atoms with Gasteiger partial charge in [-0.1, -0.05) is 32.0 Å². The lowest BCUT2D eigenvalue weighted by Gasteiger charge is -2.22. The van der Waals surface area contributed by atoms with Crippen LogP contribution in [0, 0.1) is 5.92 Å². The first-order valence-electron chi connectivity index (χ1n) is 8.71. The standard InChI is InChI=1S/C21H30N2O/c1-15(2)14-16(3)22-17-10-12-18(13-11-17)23-20-9-7-6-8-19(20)21(4,5)24/h6-13,15-16,22-24H,14H2,1-5H3. The molecule has 0 heterocycles. The number of hydrogen-bond donors (Lipinski definition) is 3. The van der Waals surface area contributed by atoms with E-state index in [2.05, 4.69) is 55.7 Å². The number of rotatable bonds is 7. The molecule has 2 rings (SSSR count). The van der Waals surface area contributed by atoms with Crippen LogP contribution in [-0.4, -0.2) is 11.1 Å². The molecule has 2 aromatic rings. The number of nitrogens with one attached hydrogen (secondary N) is 2. The van der Waals surface area contributed by atoms with E-state index in [1.807, 2.05) is 24.3 Å². The van der Waals surface area contributed by atoms with Crippen molar-refractivity contribution in [2.75, 3.05) is 10.6 Å². The van der Waals surface area contributed by atoms with Crippen molar-refractivity contribution in [1.29, 1.82) is 0 Å². The molecule has 3 heteroatoms. The molecule has 0 fully saturated rings. The lowest BCUT2D eigenvalue weighted by molar-refractivity contribution is 0.0794. The highest BCUT2D eigenvalue weighted by atomic mass is 16.3. The van der Waals surface area contributed by atoms with Crippen LogP contribution in [0.1, 0.15) is 46.6 Å². The molecule has 2 aromatic carbocycles. The Morgan fingerprint density at radius 1 is 0.917 bits per heavy atom. The highest BCUT2D eigenvalue weighted by Gasteiger charge is 2.19. The summed E-state index contributed by atoms with van der Waals surface area (Å²) in [5.41, 5.74) is 3.08. The third kappa shape index (κ3) is 5.27. The van der Waals surface area contributed by atoms with Crippen molar-refractivity contribution < 1.29 is 5.11 Å². The molecule has 0 bridgehead atoms. The van der Waals surface area contributed by atoms with E-state index in [1.165, 1.54) is 0 Å². The Morgan fingerprint density at radius 3 is 2.08 bits per heavy atom. The van der Waals surface area contributed by atoms with E-state index >= 15 is 0 Å². The fourth-order valence-electron chi connectivity index (χ4n) is 2.98. The largest absolute Gasteiger partial charge is 0.386 e. The Morgan fingerprint density at radius 2 is 1.50 bits per heavy atom.